The van der Waals surface area contributed by atoms with Crippen LogP contribution >= 0.6 is 12.4 Å². The van der Waals surface area contributed by atoms with Gasteiger partial charge in [0.1, 0.15) is 17.4 Å². The van der Waals surface area contributed by atoms with Crippen LogP contribution in [0, 0.1) is 5.92 Å². The number of rotatable bonds is 9. The lowest BCUT2D eigenvalue weighted by Crippen LogP contribution is -2.65. The van der Waals surface area contributed by atoms with Crippen LogP contribution < -0.4 is 21.1 Å². The SMILES string of the molecule is COc1cccc(C(n2cc(NC(=O)c3nccnc3N)cn2)C2(OCC(C)C)CNC2)c1.Cl. The zero-order chi connectivity index (χ0) is 23.4. The first-order chi connectivity index (χ1) is 15.9. The van der Waals surface area contributed by atoms with E-state index in [0.717, 1.165) is 11.3 Å². The Labute approximate surface area is 204 Å². The summed E-state index contributed by atoms with van der Waals surface area (Å²) in [4.78, 5) is 20.6. The minimum atomic E-state index is -0.487. The molecule has 182 valence electrons. The van der Waals surface area contributed by atoms with Crippen molar-refractivity contribution >= 4 is 29.8 Å². The molecule has 1 atom stereocenters. The molecule has 2 aromatic heterocycles. The Kier molecular flexibility index (Phi) is 8.08. The molecule has 0 spiro atoms. The molecule has 4 N–H and O–H groups in total. The van der Waals surface area contributed by atoms with Crippen LogP contribution in [0.15, 0.2) is 49.1 Å². The summed E-state index contributed by atoms with van der Waals surface area (Å²) in [7, 11) is 1.64. The zero-order valence-electron chi connectivity index (χ0n) is 19.4. The van der Waals surface area contributed by atoms with Crippen LogP contribution in [0.1, 0.15) is 35.9 Å². The van der Waals surface area contributed by atoms with Gasteiger partial charge in [-0.15, -0.1) is 12.4 Å². The molecule has 3 aromatic rings. The number of nitrogen functional groups attached to an aromatic ring is 1. The number of hydrogen-bond acceptors (Lipinski definition) is 8. The fraction of sp³-hybridized carbons (Fsp3) is 0.391. The van der Waals surface area contributed by atoms with Crippen molar-refractivity contribution in [2.24, 2.45) is 5.92 Å². The summed E-state index contributed by atoms with van der Waals surface area (Å²) >= 11 is 0. The van der Waals surface area contributed by atoms with Crippen molar-refractivity contribution in [1.82, 2.24) is 25.1 Å². The van der Waals surface area contributed by atoms with Gasteiger partial charge >= 0.3 is 0 Å². The average molecular weight is 488 g/mol. The fourth-order valence-electron chi connectivity index (χ4n) is 3.85. The van der Waals surface area contributed by atoms with Gasteiger partial charge < -0.3 is 25.8 Å². The third-order valence-electron chi connectivity index (χ3n) is 5.53. The summed E-state index contributed by atoms with van der Waals surface area (Å²) in [5.74, 6) is 0.758. The van der Waals surface area contributed by atoms with Gasteiger partial charge in [-0.3, -0.25) is 9.48 Å². The molecule has 1 aliphatic rings. The Morgan fingerprint density at radius 2 is 2.06 bits per heavy atom. The van der Waals surface area contributed by atoms with Crippen molar-refractivity contribution in [2.75, 3.05) is 37.9 Å². The van der Waals surface area contributed by atoms with Crippen LogP contribution in [-0.2, 0) is 4.74 Å². The van der Waals surface area contributed by atoms with Crippen LogP contribution in [0.4, 0.5) is 11.5 Å². The van der Waals surface area contributed by atoms with Crippen LogP contribution in [0.2, 0.25) is 0 Å². The number of methoxy groups -OCH3 is 1. The van der Waals surface area contributed by atoms with Gasteiger partial charge in [-0.1, -0.05) is 26.0 Å². The van der Waals surface area contributed by atoms with Gasteiger partial charge in [-0.2, -0.15) is 5.10 Å². The Morgan fingerprint density at radius 3 is 2.71 bits per heavy atom. The maximum absolute atomic E-state index is 12.6. The van der Waals surface area contributed by atoms with E-state index in [1.54, 1.807) is 19.5 Å². The van der Waals surface area contributed by atoms with E-state index in [-0.39, 0.29) is 30.0 Å². The van der Waals surface area contributed by atoms with E-state index in [4.69, 9.17) is 15.2 Å². The van der Waals surface area contributed by atoms with E-state index >= 15 is 0 Å². The summed E-state index contributed by atoms with van der Waals surface area (Å²) in [5, 5.41) is 10.7. The second kappa shape index (κ2) is 10.8. The number of aromatic nitrogens is 4. The lowest BCUT2D eigenvalue weighted by Gasteiger charge is -2.48. The minimum Gasteiger partial charge on any atom is -0.497 e. The number of anilines is 2. The highest BCUT2D eigenvalue weighted by molar-refractivity contribution is 6.05. The summed E-state index contributed by atoms with van der Waals surface area (Å²) in [5.41, 5.74) is 6.88. The van der Waals surface area contributed by atoms with Crippen molar-refractivity contribution < 1.29 is 14.3 Å². The van der Waals surface area contributed by atoms with Crippen molar-refractivity contribution in [3.8, 4) is 5.75 Å². The van der Waals surface area contributed by atoms with E-state index in [9.17, 15) is 4.79 Å². The normalized spacial score (nSPS) is 15.2. The second-order valence-electron chi connectivity index (χ2n) is 8.51. The average Bonchev–Trinajstić information content (AvgIpc) is 3.23. The van der Waals surface area contributed by atoms with E-state index < -0.39 is 11.5 Å². The van der Waals surface area contributed by atoms with Gasteiger partial charge in [0.05, 0.1) is 19.0 Å². The van der Waals surface area contributed by atoms with Gasteiger partial charge in [-0.05, 0) is 23.6 Å². The van der Waals surface area contributed by atoms with Gasteiger partial charge in [0.15, 0.2) is 11.5 Å². The van der Waals surface area contributed by atoms with E-state index in [1.165, 1.54) is 12.4 Å². The summed E-state index contributed by atoms with van der Waals surface area (Å²) in [6, 6.07) is 7.64. The molecular weight excluding hydrogens is 458 g/mol. The number of amides is 1. The highest BCUT2D eigenvalue weighted by atomic mass is 35.5. The number of carbonyl (C=O) groups excluding carboxylic acids is 1. The third kappa shape index (κ3) is 5.30. The molecule has 0 aliphatic carbocycles. The number of carbonyl (C=O) groups is 1. The van der Waals surface area contributed by atoms with Gasteiger partial charge in [0, 0.05) is 38.3 Å². The monoisotopic (exact) mass is 487 g/mol. The number of halogens is 1. The van der Waals surface area contributed by atoms with E-state index in [1.807, 2.05) is 28.9 Å². The molecule has 1 aromatic carbocycles. The smallest absolute Gasteiger partial charge is 0.278 e. The number of hydrogen-bond donors (Lipinski definition) is 3. The molecule has 1 aliphatic heterocycles. The second-order valence-corrected chi connectivity index (χ2v) is 8.51. The number of benzene rings is 1. The van der Waals surface area contributed by atoms with Gasteiger partial charge in [0.2, 0.25) is 0 Å². The van der Waals surface area contributed by atoms with E-state index in [2.05, 4.69) is 39.5 Å². The highest BCUT2D eigenvalue weighted by Gasteiger charge is 2.48. The molecule has 1 unspecified atom stereocenters. The Balaban J connectivity index is 0.00000324. The Bertz CT molecular complexity index is 1120. The molecule has 10 nitrogen and oxygen atoms in total. The Morgan fingerprint density at radius 1 is 1.29 bits per heavy atom. The molecule has 0 saturated carbocycles. The zero-order valence-corrected chi connectivity index (χ0v) is 20.2. The maximum Gasteiger partial charge on any atom is 0.278 e. The standard InChI is InChI=1S/C23H29N7O3.ClH/c1-15(2)12-33-23(13-25-14-23)20(16-5-4-6-18(9-16)32-3)30-11-17(10-28-30)29-22(31)19-21(24)27-8-7-26-19;/h4-11,15,20,25H,12-14H2,1-3H3,(H2,24,27)(H,29,31);1H. The Hall–Kier alpha value is -3.21. The lowest BCUT2D eigenvalue weighted by atomic mass is 9.83. The first kappa shape index (κ1) is 25.4. The van der Waals surface area contributed by atoms with Crippen molar-refractivity contribution in [2.45, 2.75) is 25.5 Å². The van der Waals surface area contributed by atoms with Crippen LogP contribution in [0.3, 0.4) is 0 Å². The molecule has 11 heteroatoms. The molecule has 4 rings (SSSR count). The lowest BCUT2D eigenvalue weighted by molar-refractivity contribution is -0.115. The first-order valence-corrected chi connectivity index (χ1v) is 10.8. The number of nitrogens with two attached hydrogens (primary N) is 1. The molecule has 1 fully saturated rings. The minimum absolute atomic E-state index is 0. The highest BCUT2D eigenvalue weighted by Crippen LogP contribution is 2.38. The fourth-order valence-corrected chi connectivity index (χ4v) is 3.85. The number of nitrogens with one attached hydrogen (secondary N) is 2. The predicted molar refractivity (Wildman–Crippen MR) is 131 cm³/mol. The topological polar surface area (TPSA) is 129 Å². The van der Waals surface area contributed by atoms with E-state index in [0.29, 0.717) is 31.3 Å². The van der Waals surface area contributed by atoms with Crippen molar-refractivity contribution in [3.05, 3.63) is 60.3 Å². The molecule has 0 radical (unpaired) electrons. The summed E-state index contributed by atoms with van der Waals surface area (Å²) in [6.45, 7) is 6.23. The van der Waals surface area contributed by atoms with Crippen LogP contribution in [-0.4, -0.2) is 58.1 Å². The molecule has 1 saturated heterocycles. The maximum atomic E-state index is 12.6. The first-order valence-electron chi connectivity index (χ1n) is 10.8. The number of ether oxygens (including phenoxy) is 2. The van der Waals surface area contributed by atoms with Crippen molar-refractivity contribution in [3.63, 3.8) is 0 Å². The molecule has 34 heavy (non-hydrogen) atoms. The van der Waals surface area contributed by atoms with Crippen LogP contribution in [0.5, 0.6) is 5.75 Å². The summed E-state index contributed by atoms with van der Waals surface area (Å²) in [6.07, 6.45) is 6.24. The van der Waals surface area contributed by atoms with Gasteiger partial charge in [-0.25, -0.2) is 9.97 Å². The summed E-state index contributed by atoms with van der Waals surface area (Å²) < 4.78 is 13.7. The van der Waals surface area contributed by atoms with Crippen LogP contribution in [0.25, 0.3) is 0 Å². The largest absolute Gasteiger partial charge is 0.497 e. The molecule has 0 bridgehead atoms. The third-order valence-corrected chi connectivity index (χ3v) is 5.53. The molecule has 3 heterocycles. The quantitative estimate of drug-likeness (QED) is 0.420. The molecular formula is C23H30ClN7O3. The number of nitrogens with zero attached hydrogens (tertiary/aromatic N) is 4. The molecule has 1 amide bonds. The predicted octanol–water partition coefficient (Wildman–Crippen LogP) is 2.54. The van der Waals surface area contributed by atoms with Crippen molar-refractivity contribution in [1.29, 1.82) is 0 Å². The van der Waals surface area contributed by atoms with Gasteiger partial charge in [0.25, 0.3) is 5.91 Å².